The Morgan fingerprint density at radius 1 is 1.14 bits per heavy atom. The number of ether oxygens (including phenoxy) is 1. The lowest BCUT2D eigenvalue weighted by molar-refractivity contribution is -0.143. The highest BCUT2D eigenvalue weighted by molar-refractivity contribution is 7.23. The fraction of sp³-hybridized carbons (Fsp3) is 0.621. The van der Waals surface area contributed by atoms with Crippen LogP contribution in [0.2, 0.25) is 0 Å². The summed E-state index contributed by atoms with van der Waals surface area (Å²) >= 11 is 0.747. The third-order valence-corrected chi connectivity index (χ3v) is 9.55. The van der Waals surface area contributed by atoms with Gasteiger partial charge in [0.25, 0.3) is 11.8 Å². The van der Waals surface area contributed by atoms with Crippen molar-refractivity contribution in [2.45, 2.75) is 89.7 Å². The van der Waals surface area contributed by atoms with Gasteiger partial charge < -0.3 is 14.7 Å². The molecular weight excluding hydrogens is 603 g/mol. The van der Waals surface area contributed by atoms with Gasteiger partial charge in [0.15, 0.2) is 0 Å². The molecule has 5 rings (SSSR count). The Morgan fingerprint density at radius 2 is 1.80 bits per heavy atom. The predicted octanol–water partition coefficient (Wildman–Crippen LogP) is 5.42. The number of rotatable bonds is 4. The Morgan fingerprint density at radius 3 is 2.34 bits per heavy atom. The van der Waals surface area contributed by atoms with Crippen LogP contribution in [0.4, 0.5) is 27.8 Å². The molecule has 15 heteroatoms. The van der Waals surface area contributed by atoms with Crippen molar-refractivity contribution in [1.29, 1.82) is 0 Å². The second kappa shape index (κ2) is 11.2. The van der Waals surface area contributed by atoms with Gasteiger partial charge in [-0.25, -0.2) is 19.5 Å². The maximum atomic E-state index is 14.0. The average molecular weight is 640 g/mol. The van der Waals surface area contributed by atoms with Crippen LogP contribution in [0.1, 0.15) is 76.4 Å². The molecule has 1 N–H and O–H groups in total. The van der Waals surface area contributed by atoms with Gasteiger partial charge in [0.2, 0.25) is 5.60 Å². The van der Waals surface area contributed by atoms with E-state index < -0.39 is 41.1 Å². The molecule has 0 bridgehead atoms. The minimum absolute atomic E-state index is 0.00983. The van der Waals surface area contributed by atoms with Crippen LogP contribution in [0.15, 0.2) is 12.1 Å². The molecular formula is C29H36F3N5O6S. The molecule has 0 saturated carbocycles. The minimum atomic E-state index is -4.71. The molecule has 5 heterocycles. The Kier molecular flexibility index (Phi) is 8.10. The summed E-state index contributed by atoms with van der Waals surface area (Å²) in [7, 11) is 0. The van der Waals surface area contributed by atoms with Gasteiger partial charge in [-0.3, -0.25) is 19.4 Å². The first-order valence-electron chi connectivity index (χ1n) is 14.6. The van der Waals surface area contributed by atoms with Gasteiger partial charge >= 0.3 is 18.4 Å². The van der Waals surface area contributed by atoms with Crippen molar-refractivity contribution in [2.75, 3.05) is 31.1 Å². The maximum absolute atomic E-state index is 14.0. The van der Waals surface area contributed by atoms with E-state index >= 15 is 0 Å². The largest absolute Gasteiger partial charge is 0.465 e. The first kappa shape index (κ1) is 31.9. The number of carbonyl (C=O) groups excluding carboxylic acids is 3. The van der Waals surface area contributed by atoms with E-state index in [0.29, 0.717) is 45.3 Å². The second-order valence-electron chi connectivity index (χ2n) is 12.8. The SMILES string of the molecule is CC(C)N1C(=O)OC2(CCCN(C3CCN(C(=O)c4c(N(C(=O)O)C(C)(C)C)sc5nc(C(F)(F)F)ccc45)CC3)C2)C1=O. The van der Waals surface area contributed by atoms with Crippen LogP contribution in [0, 0.1) is 0 Å². The smallest absolute Gasteiger partial charge is 0.433 e. The van der Waals surface area contributed by atoms with Gasteiger partial charge in [-0.15, -0.1) is 0 Å². The van der Waals surface area contributed by atoms with Crippen LogP contribution in [-0.4, -0.2) is 98.2 Å². The number of pyridine rings is 1. The number of anilines is 1. The van der Waals surface area contributed by atoms with Gasteiger partial charge in [0.05, 0.1) is 5.56 Å². The average Bonchev–Trinajstić information content (AvgIpc) is 3.39. The Balaban J connectivity index is 1.39. The Labute approximate surface area is 256 Å². The number of carbonyl (C=O) groups is 4. The van der Waals surface area contributed by atoms with Crippen LogP contribution in [0.25, 0.3) is 10.2 Å². The molecule has 2 aromatic heterocycles. The second-order valence-corrected chi connectivity index (χ2v) is 13.8. The maximum Gasteiger partial charge on any atom is 0.433 e. The molecule has 4 amide bonds. The van der Waals surface area contributed by atoms with E-state index in [1.54, 1.807) is 39.5 Å². The molecule has 2 aromatic rings. The molecule has 1 spiro atoms. The van der Waals surface area contributed by atoms with Crippen LogP contribution in [-0.2, 0) is 15.7 Å². The molecule has 3 aliphatic heterocycles. The molecule has 44 heavy (non-hydrogen) atoms. The van der Waals surface area contributed by atoms with Crippen molar-refractivity contribution in [2.24, 2.45) is 0 Å². The summed E-state index contributed by atoms with van der Waals surface area (Å²) in [4.78, 5) is 61.7. The summed E-state index contributed by atoms with van der Waals surface area (Å²) in [6.45, 7) is 10.0. The zero-order valence-corrected chi connectivity index (χ0v) is 26.0. The fourth-order valence-electron chi connectivity index (χ4n) is 6.39. The fourth-order valence-corrected chi connectivity index (χ4v) is 7.74. The van der Waals surface area contributed by atoms with Crippen molar-refractivity contribution >= 4 is 50.6 Å². The van der Waals surface area contributed by atoms with E-state index in [1.807, 2.05) is 0 Å². The van der Waals surface area contributed by atoms with E-state index in [2.05, 4.69) is 9.88 Å². The summed E-state index contributed by atoms with van der Waals surface area (Å²) in [6, 6.07) is 1.67. The number of thiophene rings is 1. The Hall–Kier alpha value is -3.46. The molecule has 0 aliphatic carbocycles. The Bertz CT molecular complexity index is 1500. The van der Waals surface area contributed by atoms with Gasteiger partial charge in [-0.2, -0.15) is 13.2 Å². The van der Waals surface area contributed by atoms with Crippen molar-refractivity contribution in [1.82, 2.24) is 19.7 Å². The number of aromatic nitrogens is 1. The van der Waals surface area contributed by atoms with Crippen LogP contribution in [0.5, 0.6) is 0 Å². The quantitative estimate of drug-likeness (QED) is 0.470. The van der Waals surface area contributed by atoms with E-state index in [1.165, 1.54) is 6.07 Å². The number of imide groups is 1. The standard InChI is InChI=1S/C29H36F3N5O6S/c1-16(2)36-24(39)28(43-26(36)42)11-6-12-35(15-28)17-9-13-34(14-10-17)22(38)20-18-7-8-19(29(30,31)32)33-21(18)44-23(20)37(25(40)41)27(3,4)5/h7-8,16-17H,6,9-15H2,1-5H3,(H,40,41). The van der Waals surface area contributed by atoms with Crippen molar-refractivity contribution < 1.29 is 42.2 Å². The van der Waals surface area contributed by atoms with E-state index in [4.69, 9.17) is 4.74 Å². The third kappa shape index (κ3) is 5.59. The first-order valence-corrected chi connectivity index (χ1v) is 15.4. The molecule has 1 unspecified atom stereocenters. The summed E-state index contributed by atoms with van der Waals surface area (Å²) < 4.78 is 46.0. The lowest BCUT2D eigenvalue weighted by Crippen LogP contribution is -2.58. The number of piperidine rings is 2. The number of alkyl halides is 3. The van der Waals surface area contributed by atoms with Gasteiger partial charge in [-0.05, 0) is 79.0 Å². The number of amides is 4. The summed E-state index contributed by atoms with van der Waals surface area (Å²) in [5.41, 5.74) is -3.33. The molecule has 3 saturated heterocycles. The van der Waals surface area contributed by atoms with Gasteiger partial charge in [0, 0.05) is 42.6 Å². The highest BCUT2D eigenvalue weighted by atomic mass is 32.1. The van der Waals surface area contributed by atoms with Crippen molar-refractivity contribution in [3.8, 4) is 0 Å². The van der Waals surface area contributed by atoms with Crippen molar-refractivity contribution in [3.05, 3.63) is 23.4 Å². The molecule has 3 fully saturated rings. The molecule has 0 radical (unpaired) electrons. The summed E-state index contributed by atoms with van der Waals surface area (Å²) in [5.74, 6) is -0.805. The monoisotopic (exact) mass is 639 g/mol. The highest BCUT2D eigenvalue weighted by Crippen LogP contribution is 2.43. The third-order valence-electron chi connectivity index (χ3n) is 8.46. The van der Waals surface area contributed by atoms with Crippen LogP contribution < -0.4 is 4.90 Å². The van der Waals surface area contributed by atoms with E-state index in [0.717, 1.165) is 27.2 Å². The number of likely N-dealkylation sites (tertiary alicyclic amines) is 2. The lowest BCUT2D eigenvalue weighted by Gasteiger charge is -2.44. The normalized spacial score (nSPS) is 22.4. The van der Waals surface area contributed by atoms with Crippen LogP contribution in [0.3, 0.4) is 0 Å². The lowest BCUT2D eigenvalue weighted by atomic mass is 9.89. The zero-order chi connectivity index (χ0) is 32.4. The number of halogens is 3. The highest BCUT2D eigenvalue weighted by Gasteiger charge is 2.57. The van der Waals surface area contributed by atoms with E-state index in [-0.39, 0.29) is 45.3 Å². The number of carboxylic acid groups (broad SMARTS) is 1. The van der Waals surface area contributed by atoms with Crippen LogP contribution >= 0.6 is 11.3 Å². The predicted molar refractivity (Wildman–Crippen MR) is 156 cm³/mol. The zero-order valence-electron chi connectivity index (χ0n) is 25.2. The molecule has 1 atom stereocenters. The first-order chi connectivity index (χ1) is 20.4. The minimum Gasteiger partial charge on any atom is -0.465 e. The summed E-state index contributed by atoms with van der Waals surface area (Å²) in [6.07, 6.45) is -4.47. The molecule has 0 aromatic carbocycles. The van der Waals surface area contributed by atoms with Crippen molar-refractivity contribution in [3.63, 3.8) is 0 Å². The molecule has 11 nitrogen and oxygen atoms in total. The molecule has 3 aliphatic rings. The summed E-state index contributed by atoms with van der Waals surface area (Å²) in [5, 5.41) is 10.3. The number of hydrogen-bond acceptors (Lipinski definition) is 8. The topological polar surface area (TPSA) is 124 Å². The number of hydrogen-bond donors (Lipinski definition) is 1. The van der Waals surface area contributed by atoms with Gasteiger partial charge in [-0.1, -0.05) is 11.3 Å². The van der Waals surface area contributed by atoms with E-state index in [9.17, 15) is 37.5 Å². The van der Waals surface area contributed by atoms with Gasteiger partial charge in [0.1, 0.15) is 15.5 Å². The molecule has 240 valence electrons. The number of fused-ring (bicyclic) bond motifs is 1. The number of nitrogens with zero attached hydrogens (tertiary/aromatic N) is 5.